The third-order valence-corrected chi connectivity index (χ3v) is 6.60. The minimum Gasteiger partial charge on any atom is -0.261 e. The molecule has 2 aliphatic rings. The molecule has 2 atom stereocenters. The van der Waals surface area contributed by atoms with Crippen molar-refractivity contribution in [1.29, 1.82) is 0 Å². The molecule has 2 aromatic heterocycles. The monoisotopic (exact) mass is 364 g/mol. The molecule has 0 N–H and O–H groups in total. The van der Waals surface area contributed by atoms with E-state index in [0.717, 1.165) is 29.8 Å². The molecule has 2 aliphatic carbocycles. The van der Waals surface area contributed by atoms with Crippen molar-refractivity contribution in [2.45, 2.75) is 38.0 Å². The fourth-order valence-electron chi connectivity index (χ4n) is 5.28. The molecule has 0 spiro atoms. The van der Waals surface area contributed by atoms with Gasteiger partial charge in [0.1, 0.15) is 11.6 Å². The second-order valence-corrected chi connectivity index (χ2v) is 7.94. The number of halogens is 2. The summed E-state index contributed by atoms with van der Waals surface area (Å²) in [7, 11) is 0. The van der Waals surface area contributed by atoms with Gasteiger partial charge in [-0.25, -0.2) is 8.78 Å². The van der Waals surface area contributed by atoms with Crippen LogP contribution in [0.15, 0.2) is 42.9 Å². The first-order chi connectivity index (χ1) is 13.0. The number of rotatable bonds is 2. The Hall–Kier alpha value is -2.76. The standard InChI is InChI=1S/C21H18F2N4/c1-20(2)13-6-7-21(20,17-11-24-8-9-25-17)19-12(13)10-16(26-27-19)18-14(22)4-3-5-15(18)23/h3-5,8-11,13H,6-7H2,1-2H3/t13-,21+/m0/s1. The van der Waals surface area contributed by atoms with Crippen LogP contribution in [0, 0.1) is 17.0 Å². The van der Waals surface area contributed by atoms with Gasteiger partial charge in [0.25, 0.3) is 0 Å². The molecule has 4 nitrogen and oxygen atoms in total. The molecule has 2 heterocycles. The molecule has 1 aromatic carbocycles. The number of hydrogen-bond donors (Lipinski definition) is 0. The van der Waals surface area contributed by atoms with E-state index in [9.17, 15) is 8.78 Å². The number of fused-ring (bicyclic) bond motifs is 5. The lowest BCUT2D eigenvalue weighted by Gasteiger charge is -2.36. The van der Waals surface area contributed by atoms with Gasteiger partial charge in [-0.15, -0.1) is 5.10 Å². The molecule has 1 fully saturated rings. The lowest BCUT2D eigenvalue weighted by molar-refractivity contribution is 0.242. The normalized spacial score (nSPS) is 24.8. The number of hydrogen-bond acceptors (Lipinski definition) is 4. The average Bonchev–Trinajstić information content (AvgIpc) is 3.04. The van der Waals surface area contributed by atoms with E-state index < -0.39 is 11.6 Å². The van der Waals surface area contributed by atoms with Crippen molar-refractivity contribution in [1.82, 2.24) is 20.2 Å². The zero-order valence-electron chi connectivity index (χ0n) is 15.1. The van der Waals surface area contributed by atoms with Gasteiger partial charge >= 0.3 is 0 Å². The molecule has 0 saturated heterocycles. The van der Waals surface area contributed by atoms with E-state index in [2.05, 4.69) is 34.0 Å². The maximum absolute atomic E-state index is 14.2. The number of benzene rings is 1. The highest BCUT2D eigenvalue weighted by Crippen LogP contribution is 2.69. The summed E-state index contributed by atoms with van der Waals surface area (Å²) in [6, 6.07) is 5.64. The van der Waals surface area contributed by atoms with Gasteiger partial charge in [0.2, 0.25) is 0 Å². The summed E-state index contributed by atoms with van der Waals surface area (Å²) < 4.78 is 28.5. The molecule has 1 saturated carbocycles. The molecule has 6 heteroatoms. The van der Waals surface area contributed by atoms with Crippen LogP contribution in [-0.4, -0.2) is 20.2 Å². The molecular weight excluding hydrogens is 346 g/mol. The zero-order chi connectivity index (χ0) is 18.8. The Bertz CT molecular complexity index is 1030. The van der Waals surface area contributed by atoms with Crippen LogP contribution in [0.4, 0.5) is 8.78 Å². The van der Waals surface area contributed by atoms with E-state index in [0.29, 0.717) is 0 Å². The molecule has 5 rings (SSSR count). The summed E-state index contributed by atoms with van der Waals surface area (Å²) in [5.74, 6) is -1.02. The molecule has 3 aromatic rings. The molecule has 27 heavy (non-hydrogen) atoms. The SMILES string of the molecule is CC1(C)[C@H]2CC[C@@]1(c1cnccn1)c1nnc(-c3c(F)cccc3F)cc12. The molecule has 2 bridgehead atoms. The first-order valence-electron chi connectivity index (χ1n) is 9.06. The van der Waals surface area contributed by atoms with Crippen molar-refractivity contribution in [3.05, 3.63) is 71.4 Å². The van der Waals surface area contributed by atoms with E-state index in [1.165, 1.54) is 18.2 Å². The maximum atomic E-state index is 14.2. The van der Waals surface area contributed by atoms with Gasteiger partial charge in [-0.3, -0.25) is 9.97 Å². The quantitative estimate of drug-likeness (QED) is 0.676. The summed E-state index contributed by atoms with van der Waals surface area (Å²) >= 11 is 0. The second-order valence-electron chi connectivity index (χ2n) is 7.94. The van der Waals surface area contributed by atoms with E-state index in [1.54, 1.807) is 18.6 Å². The van der Waals surface area contributed by atoms with E-state index >= 15 is 0 Å². The smallest absolute Gasteiger partial charge is 0.135 e. The summed E-state index contributed by atoms with van der Waals surface area (Å²) in [5, 5.41) is 8.71. The highest BCUT2D eigenvalue weighted by Gasteiger charge is 2.65. The van der Waals surface area contributed by atoms with Crippen molar-refractivity contribution in [3.8, 4) is 11.3 Å². The van der Waals surface area contributed by atoms with Gasteiger partial charge in [0, 0.05) is 18.6 Å². The highest BCUT2D eigenvalue weighted by atomic mass is 19.1. The predicted octanol–water partition coefficient (Wildman–Crippen LogP) is 4.42. The third-order valence-electron chi connectivity index (χ3n) is 6.60. The van der Waals surface area contributed by atoms with Crippen molar-refractivity contribution < 1.29 is 8.78 Å². The lowest BCUT2D eigenvalue weighted by Crippen LogP contribution is -2.37. The fraction of sp³-hybridized carbons (Fsp3) is 0.333. The Balaban J connectivity index is 1.74. The van der Waals surface area contributed by atoms with Gasteiger partial charge in [0.15, 0.2) is 0 Å². The van der Waals surface area contributed by atoms with Gasteiger partial charge < -0.3 is 0 Å². The Morgan fingerprint density at radius 1 is 1.07 bits per heavy atom. The minimum atomic E-state index is -0.629. The molecule has 0 amide bonds. The van der Waals surface area contributed by atoms with Crippen molar-refractivity contribution >= 4 is 0 Å². The summed E-state index contributed by atoms with van der Waals surface area (Å²) in [6.07, 6.45) is 7.04. The van der Waals surface area contributed by atoms with Crippen molar-refractivity contribution in [2.75, 3.05) is 0 Å². The molecule has 136 valence electrons. The first kappa shape index (κ1) is 16.4. The van der Waals surface area contributed by atoms with Gasteiger partial charge in [-0.1, -0.05) is 19.9 Å². The molecule has 0 unspecified atom stereocenters. The fourth-order valence-corrected chi connectivity index (χ4v) is 5.28. The topological polar surface area (TPSA) is 51.6 Å². The van der Waals surface area contributed by atoms with Crippen LogP contribution in [0.5, 0.6) is 0 Å². The van der Waals surface area contributed by atoms with Crippen molar-refractivity contribution in [3.63, 3.8) is 0 Å². The van der Waals surface area contributed by atoms with Gasteiger partial charge in [0.05, 0.1) is 28.1 Å². The highest BCUT2D eigenvalue weighted by molar-refractivity contribution is 5.64. The Morgan fingerprint density at radius 3 is 2.56 bits per heavy atom. The summed E-state index contributed by atoms with van der Waals surface area (Å²) in [6.45, 7) is 4.43. The minimum absolute atomic E-state index is 0.123. The van der Waals surface area contributed by atoms with Crippen LogP contribution >= 0.6 is 0 Å². The Kier molecular flexibility index (Phi) is 3.27. The van der Waals surface area contributed by atoms with Crippen LogP contribution in [0.25, 0.3) is 11.3 Å². The van der Waals surface area contributed by atoms with E-state index in [1.807, 2.05) is 6.07 Å². The maximum Gasteiger partial charge on any atom is 0.135 e. The zero-order valence-corrected chi connectivity index (χ0v) is 15.1. The van der Waals surface area contributed by atoms with Crippen LogP contribution in [0.3, 0.4) is 0 Å². The summed E-state index contributed by atoms with van der Waals surface area (Å²) in [5.41, 5.74) is 2.38. The molecule has 0 radical (unpaired) electrons. The summed E-state index contributed by atoms with van der Waals surface area (Å²) in [4.78, 5) is 8.84. The molecule has 0 aliphatic heterocycles. The number of nitrogens with zero attached hydrogens (tertiary/aromatic N) is 4. The van der Waals surface area contributed by atoms with Crippen molar-refractivity contribution in [2.24, 2.45) is 5.41 Å². The lowest BCUT2D eigenvalue weighted by atomic mass is 9.66. The third kappa shape index (κ3) is 1.95. The van der Waals surface area contributed by atoms with E-state index in [4.69, 9.17) is 0 Å². The second kappa shape index (κ2) is 5.38. The number of aromatic nitrogens is 4. The Morgan fingerprint density at radius 2 is 1.85 bits per heavy atom. The first-order valence-corrected chi connectivity index (χ1v) is 9.06. The van der Waals surface area contributed by atoms with Gasteiger partial charge in [-0.05, 0) is 47.9 Å². The van der Waals surface area contributed by atoms with Crippen LogP contribution < -0.4 is 0 Å². The average molecular weight is 364 g/mol. The van der Waals surface area contributed by atoms with Crippen LogP contribution in [0.1, 0.15) is 49.6 Å². The predicted molar refractivity (Wildman–Crippen MR) is 96.0 cm³/mol. The Labute approximate surface area is 155 Å². The van der Waals surface area contributed by atoms with E-state index in [-0.39, 0.29) is 28.0 Å². The van der Waals surface area contributed by atoms with Gasteiger partial charge in [-0.2, -0.15) is 5.10 Å². The largest absolute Gasteiger partial charge is 0.261 e. The molecular formula is C21H18F2N4. The van der Waals surface area contributed by atoms with Crippen LogP contribution in [-0.2, 0) is 5.41 Å². The van der Waals surface area contributed by atoms with Crippen LogP contribution in [0.2, 0.25) is 0 Å².